The smallest absolute Gasteiger partial charge is 0.129 e. The summed E-state index contributed by atoms with van der Waals surface area (Å²) in [5, 5.41) is 1.18. The molecule has 1 nitrogen and oxygen atoms in total. The Hall–Kier alpha value is -0.900. The van der Waals surface area contributed by atoms with Gasteiger partial charge in [0.15, 0.2) is 0 Å². The maximum absolute atomic E-state index is 13.7. The fourth-order valence-electron chi connectivity index (χ4n) is 1.76. The van der Waals surface area contributed by atoms with Gasteiger partial charge in [-0.3, -0.25) is 0 Å². The molecule has 0 fully saturated rings. The summed E-state index contributed by atoms with van der Waals surface area (Å²) < 4.78 is 19.5. The van der Waals surface area contributed by atoms with Gasteiger partial charge in [0.25, 0.3) is 0 Å². The van der Waals surface area contributed by atoms with Crippen LogP contribution in [0.4, 0.5) is 4.39 Å². The minimum atomic E-state index is -0.336. The average molecular weight is 344 g/mol. The first-order valence-electron chi connectivity index (χ1n) is 5.87. The van der Waals surface area contributed by atoms with Crippen molar-refractivity contribution in [2.45, 2.75) is 12.7 Å². The Balaban J connectivity index is 2.09. The third-order valence-electron chi connectivity index (χ3n) is 2.79. The highest BCUT2D eigenvalue weighted by atomic mass is 79.9. The van der Waals surface area contributed by atoms with Gasteiger partial charge in [-0.15, -0.1) is 0 Å². The number of halogens is 3. The van der Waals surface area contributed by atoms with Gasteiger partial charge in [0.2, 0.25) is 0 Å². The number of hydrogen-bond donors (Lipinski definition) is 0. The third kappa shape index (κ3) is 3.78. The SMILES string of the molecule is Fc1ccccc1C(CBr)OCc1ccccc1Cl. The summed E-state index contributed by atoms with van der Waals surface area (Å²) in [6.07, 6.45) is -0.336. The van der Waals surface area contributed by atoms with Gasteiger partial charge in [0, 0.05) is 15.9 Å². The molecule has 0 spiro atoms. The molecule has 0 aromatic heterocycles. The summed E-state index contributed by atoms with van der Waals surface area (Å²) >= 11 is 9.42. The Labute approximate surface area is 125 Å². The first-order chi connectivity index (χ1) is 9.22. The third-order valence-corrected chi connectivity index (χ3v) is 3.75. The summed E-state index contributed by atoms with van der Waals surface area (Å²) in [4.78, 5) is 0. The largest absolute Gasteiger partial charge is 0.368 e. The van der Waals surface area contributed by atoms with Crippen LogP contribution in [0.15, 0.2) is 48.5 Å². The molecule has 0 aliphatic carbocycles. The van der Waals surface area contributed by atoms with Crippen LogP contribution in [-0.4, -0.2) is 5.33 Å². The van der Waals surface area contributed by atoms with E-state index in [0.29, 0.717) is 22.5 Å². The molecule has 19 heavy (non-hydrogen) atoms. The highest BCUT2D eigenvalue weighted by Crippen LogP contribution is 2.25. The molecule has 0 aliphatic heterocycles. The first kappa shape index (κ1) is 14.5. The van der Waals surface area contributed by atoms with Crippen LogP contribution in [0.3, 0.4) is 0 Å². The van der Waals surface area contributed by atoms with Gasteiger partial charge in [-0.05, 0) is 17.7 Å². The molecule has 2 aromatic rings. The molecule has 2 aromatic carbocycles. The molecule has 0 N–H and O–H groups in total. The fourth-order valence-corrected chi connectivity index (χ4v) is 2.49. The lowest BCUT2D eigenvalue weighted by Crippen LogP contribution is -2.08. The molecule has 2 rings (SSSR count). The Kier molecular flexibility index (Phi) is 5.37. The molecule has 0 heterocycles. The zero-order valence-electron chi connectivity index (χ0n) is 10.2. The molecular formula is C15H13BrClFO. The molecule has 4 heteroatoms. The monoisotopic (exact) mass is 342 g/mol. The van der Waals surface area contributed by atoms with E-state index in [-0.39, 0.29) is 11.9 Å². The maximum Gasteiger partial charge on any atom is 0.129 e. The summed E-state index contributed by atoms with van der Waals surface area (Å²) in [5.41, 5.74) is 1.44. The van der Waals surface area contributed by atoms with Crippen LogP contribution in [0, 0.1) is 5.82 Å². The van der Waals surface area contributed by atoms with Gasteiger partial charge < -0.3 is 4.74 Å². The van der Waals surface area contributed by atoms with E-state index in [1.165, 1.54) is 6.07 Å². The van der Waals surface area contributed by atoms with Crippen LogP contribution in [0.2, 0.25) is 5.02 Å². The average Bonchev–Trinajstić information content (AvgIpc) is 2.43. The summed E-state index contributed by atoms with van der Waals surface area (Å²) in [5.74, 6) is -0.258. The van der Waals surface area contributed by atoms with Crippen molar-refractivity contribution < 1.29 is 9.13 Å². The highest BCUT2D eigenvalue weighted by Gasteiger charge is 2.15. The van der Waals surface area contributed by atoms with Crippen LogP contribution >= 0.6 is 27.5 Å². The van der Waals surface area contributed by atoms with Crippen LogP contribution in [-0.2, 0) is 11.3 Å². The number of hydrogen-bond acceptors (Lipinski definition) is 1. The lowest BCUT2D eigenvalue weighted by atomic mass is 10.1. The van der Waals surface area contributed by atoms with Gasteiger partial charge in [0.1, 0.15) is 5.82 Å². The van der Waals surface area contributed by atoms with Crippen molar-refractivity contribution in [3.8, 4) is 0 Å². The molecule has 100 valence electrons. The van der Waals surface area contributed by atoms with Gasteiger partial charge >= 0.3 is 0 Å². The second-order valence-corrected chi connectivity index (χ2v) is 5.12. The van der Waals surface area contributed by atoms with Crippen molar-refractivity contribution in [2.24, 2.45) is 0 Å². The second-order valence-electron chi connectivity index (χ2n) is 4.07. The molecule has 0 saturated carbocycles. The number of rotatable bonds is 5. The van der Waals surface area contributed by atoms with Gasteiger partial charge in [-0.25, -0.2) is 4.39 Å². The topological polar surface area (TPSA) is 9.23 Å². The summed E-state index contributed by atoms with van der Waals surface area (Å²) in [7, 11) is 0. The van der Waals surface area contributed by atoms with Crippen LogP contribution < -0.4 is 0 Å². The van der Waals surface area contributed by atoms with E-state index in [9.17, 15) is 4.39 Å². The predicted molar refractivity (Wildman–Crippen MR) is 79.2 cm³/mol. The number of ether oxygens (including phenoxy) is 1. The van der Waals surface area contributed by atoms with Gasteiger partial charge in [-0.2, -0.15) is 0 Å². The van der Waals surface area contributed by atoms with Crippen LogP contribution in [0.25, 0.3) is 0 Å². The van der Waals surface area contributed by atoms with Crippen molar-refractivity contribution in [3.63, 3.8) is 0 Å². The van der Waals surface area contributed by atoms with E-state index < -0.39 is 0 Å². The Morgan fingerprint density at radius 3 is 2.47 bits per heavy atom. The molecule has 0 radical (unpaired) electrons. The molecule has 1 atom stereocenters. The summed E-state index contributed by atoms with van der Waals surface area (Å²) in [6, 6.07) is 14.1. The Morgan fingerprint density at radius 1 is 1.11 bits per heavy atom. The normalized spacial score (nSPS) is 12.4. The zero-order valence-corrected chi connectivity index (χ0v) is 12.5. The summed E-state index contributed by atoms with van der Waals surface area (Å²) in [6.45, 7) is 0.351. The predicted octanol–water partition coefficient (Wildman–Crippen LogP) is 5.13. The van der Waals surface area contributed by atoms with Crippen LogP contribution in [0.5, 0.6) is 0 Å². The quantitative estimate of drug-likeness (QED) is 0.684. The second kappa shape index (κ2) is 7.04. The van der Waals surface area contributed by atoms with E-state index in [1.54, 1.807) is 18.2 Å². The molecule has 0 amide bonds. The van der Waals surface area contributed by atoms with E-state index in [4.69, 9.17) is 16.3 Å². The standard InChI is InChI=1S/C15H13BrClFO/c16-9-15(12-6-2-4-8-14(12)18)19-10-11-5-1-3-7-13(11)17/h1-8,15H,9-10H2. The van der Waals surface area contributed by atoms with E-state index in [1.807, 2.05) is 24.3 Å². The Morgan fingerprint density at radius 2 is 1.79 bits per heavy atom. The van der Waals surface area contributed by atoms with Crippen LogP contribution in [0.1, 0.15) is 17.2 Å². The van der Waals surface area contributed by atoms with Crippen molar-refractivity contribution in [2.75, 3.05) is 5.33 Å². The van der Waals surface area contributed by atoms with Crippen molar-refractivity contribution in [1.29, 1.82) is 0 Å². The molecular weight excluding hydrogens is 331 g/mol. The maximum atomic E-state index is 13.7. The minimum absolute atomic E-state index is 0.258. The van der Waals surface area contributed by atoms with E-state index >= 15 is 0 Å². The highest BCUT2D eigenvalue weighted by molar-refractivity contribution is 9.09. The zero-order chi connectivity index (χ0) is 13.7. The van der Waals surface area contributed by atoms with Crippen molar-refractivity contribution in [1.82, 2.24) is 0 Å². The minimum Gasteiger partial charge on any atom is -0.368 e. The van der Waals surface area contributed by atoms with Crippen molar-refractivity contribution in [3.05, 3.63) is 70.5 Å². The van der Waals surface area contributed by atoms with Gasteiger partial charge in [0.05, 0.1) is 12.7 Å². The van der Waals surface area contributed by atoms with E-state index in [2.05, 4.69) is 15.9 Å². The number of alkyl halides is 1. The lowest BCUT2D eigenvalue weighted by Gasteiger charge is -2.17. The number of benzene rings is 2. The van der Waals surface area contributed by atoms with Crippen molar-refractivity contribution >= 4 is 27.5 Å². The van der Waals surface area contributed by atoms with Gasteiger partial charge in [-0.1, -0.05) is 63.9 Å². The first-order valence-corrected chi connectivity index (χ1v) is 7.37. The lowest BCUT2D eigenvalue weighted by molar-refractivity contribution is 0.0543. The fraction of sp³-hybridized carbons (Fsp3) is 0.200. The molecule has 0 saturated heterocycles. The molecule has 0 aliphatic rings. The Bertz CT molecular complexity index is 547. The molecule has 1 unspecified atom stereocenters. The molecule has 0 bridgehead atoms. The van der Waals surface area contributed by atoms with E-state index in [0.717, 1.165) is 5.56 Å².